The van der Waals surface area contributed by atoms with Gasteiger partial charge in [-0.25, -0.2) is 4.98 Å². The molecule has 0 aliphatic carbocycles. The van der Waals surface area contributed by atoms with Gasteiger partial charge in [-0.3, -0.25) is 10.1 Å². The summed E-state index contributed by atoms with van der Waals surface area (Å²) in [6.45, 7) is 0. The number of rotatable bonds is 4. The molecule has 0 aliphatic heterocycles. The lowest BCUT2D eigenvalue weighted by Gasteiger charge is -2.11. The molecule has 0 aliphatic rings. The van der Waals surface area contributed by atoms with Gasteiger partial charge in [0.15, 0.2) is 11.5 Å². The van der Waals surface area contributed by atoms with Gasteiger partial charge in [-0.1, -0.05) is 12.1 Å². The average Bonchev–Trinajstić information content (AvgIpc) is 2.97. The largest absolute Gasteiger partial charge is 0.493 e. The molecule has 3 rings (SSSR count). The second kappa shape index (κ2) is 5.61. The van der Waals surface area contributed by atoms with Gasteiger partial charge in [0.2, 0.25) is 0 Å². The molecule has 0 amide bonds. The zero-order valence-corrected chi connectivity index (χ0v) is 12.7. The minimum Gasteiger partial charge on any atom is -0.493 e. The molecule has 0 atom stereocenters. The van der Waals surface area contributed by atoms with Crippen LogP contribution in [0.15, 0.2) is 36.4 Å². The standard InChI is InChI=1S/C15H12N2O4S/c1-20-12-8-9(17(18)19)7-10(14(12)21-2)15-16-11-5-3-4-6-13(11)22-15/h3-8H,1-2H3. The van der Waals surface area contributed by atoms with Crippen LogP contribution in [0, 0.1) is 10.1 Å². The number of thiazole rings is 1. The summed E-state index contributed by atoms with van der Waals surface area (Å²) in [4.78, 5) is 15.2. The fourth-order valence-corrected chi connectivity index (χ4v) is 3.18. The van der Waals surface area contributed by atoms with E-state index in [9.17, 15) is 10.1 Å². The van der Waals surface area contributed by atoms with Crippen LogP contribution in [0.2, 0.25) is 0 Å². The average molecular weight is 316 g/mol. The van der Waals surface area contributed by atoms with E-state index in [0.717, 1.165) is 10.2 Å². The number of aromatic nitrogens is 1. The molecule has 1 aromatic heterocycles. The second-order valence-electron chi connectivity index (χ2n) is 4.47. The number of methoxy groups -OCH3 is 2. The fraction of sp³-hybridized carbons (Fsp3) is 0.133. The van der Waals surface area contributed by atoms with Gasteiger partial charge in [0.05, 0.1) is 41.0 Å². The predicted molar refractivity (Wildman–Crippen MR) is 84.8 cm³/mol. The van der Waals surface area contributed by atoms with E-state index in [4.69, 9.17) is 9.47 Å². The molecular formula is C15H12N2O4S. The Balaban J connectivity index is 2.27. The minimum absolute atomic E-state index is 0.0630. The van der Waals surface area contributed by atoms with Crippen LogP contribution in [0.1, 0.15) is 0 Å². The molecule has 0 spiro atoms. The Kier molecular flexibility index (Phi) is 3.64. The lowest BCUT2D eigenvalue weighted by atomic mass is 10.1. The van der Waals surface area contributed by atoms with Crippen LogP contribution in [-0.2, 0) is 0 Å². The monoisotopic (exact) mass is 316 g/mol. The van der Waals surface area contributed by atoms with E-state index in [1.165, 1.54) is 37.7 Å². The fourth-order valence-electron chi connectivity index (χ4n) is 2.20. The topological polar surface area (TPSA) is 74.5 Å². The van der Waals surface area contributed by atoms with Gasteiger partial charge in [0.25, 0.3) is 5.69 Å². The summed E-state index contributed by atoms with van der Waals surface area (Å²) in [7, 11) is 2.95. The molecule has 112 valence electrons. The summed E-state index contributed by atoms with van der Waals surface area (Å²) in [6.07, 6.45) is 0. The van der Waals surface area contributed by atoms with Crippen LogP contribution in [0.5, 0.6) is 11.5 Å². The van der Waals surface area contributed by atoms with Crippen molar-refractivity contribution in [2.75, 3.05) is 14.2 Å². The first-order valence-corrected chi connectivity index (χ1v) is 7.22. The van der Waals surface area contributed by atoms with Crippen molar-refractivity contribution >= 4 is 27.2 Å². The van der Waals surface area contributed by atoms with E-state index in [1.54, 1.807) is 0 Å². The summed E-state index contributed by atoms with van der Waals surface area (Å²) >= 11 is 1.45. The number of hydrogen-bond donors (Lipinski definition) is 0. The van der Waals surface area contributed by atoms with Crippen molar-refractivity contribution in [3.05, 3.63) is 46.5 Å². The van der Waals surface area contributed by atoms with Crippen LogP contribution in [-0.4, -0.2) is 24.1 Å². The van der Waals surface area contributed by atoms with Crippen molar-refractivity contribution in [1.29, 1.82) is 0 Å². The number of hydrogen-bond acceptors (Lipinski definition) is 6. The molecule has 0 saturated carbocycles. The van der Waals surface area contributed by atoms with E-state index in [-0.39, 0.29) is 5.69 Å². The number of fused-ring (bicyclic) bond motifs is 1. The summed E-state index contributed by atoms with van der Waals surface area (Å²) < 4.78 is 11.6. The van der Waals surface area contributed by atoms with Gasteiger partial charge in [-0.05, 0) is 12.1 Å². The van der Waals surface area contributed by atoms with Crippen molar-refractivity contribution in [1.82, 2.24) is 4.98 Å². The number of non-ortho nitro benzene ring substituents is 1. The van der Waals surface area contributed by atoms with Gasteiger partial charge in [-0.2, -0.15) is 0 Å². The van der Waals surface area contributed by atoms with E-state index < -0.39 is 4.92 Å². The second-order valence-corrected chi connectivity index (χ2v) is 5.50. The Morgan fingerprint density at radius 3 is 2.59 bits per heavy atom. The summed E-state index contributed by atoms with van der Waals surface area (Å²) in [5.74, 6) is 0.748. The Hall–Kier alpha value is -2.67. The van der Waals surface area contributed by atoms with Gasteiger partial charge in [-0.15, -0.1) is 11.3 Å². The third-order valence-electron chi connectivity index (χ3n) is 3.20. The number of nitrogens with zero attached hydrogens (tertiary/aromatic N) is 2. The Morgan fingerprint density at radius 1 is 1.18 bits per heavy atom. The maximum atomic E-state index is 11.1. The molecule has 6 nitrogen and oxygen atoms in total. The Labute approximate surface area is 130 Å². The highest BCUT2D eigenvalue weighted by molar-refractivity contribution is 7.21. The lowest BCUT2D eigenvalue weighted by Crippen LogP contribution is -1.96. The molecule has 0 unspecified atom stereocenters. The highest BCUT2D eigenvalue weighted by atomic mass is 32.1. The van der Waals surface area contributed by atoms with Crippen LogP contribution < -0.4 is 9.47 Å². The number of para-hydroxylation sites is 1. The Morgan fingerprint density at radius 2 is 1.95 bits per heavy atom. The summed E-state index contributed by atoms with van der Waals surface area (Å²) in [5.41, 5.74) is 1.33. The number of nitro benzene ring substituents is 1. The van der Waals surface area contributed by atoms with E-state index >= 15 is 0 Å². The van der Waals surface area contributed by atoms with Crippen molar-refractivity contribution < 1.29 is 14.4 Å². The molecule has 1 heterocycles. The molecule has 3 aromatic rings. The van der Waals surface area contributed by atoms with Crippen LogP contribution in [0.4, 0.5) is 5.69 Å². The van der Waals surface area contributed by atoms with Crippen molar-refractivity contribution in [2.24, 2.45) is 0 Å². The molecule has 0 N–H and O–H groups in total. The van der Waals surface area contributed by atoms with Gasteiger partial charge >= 0.3 is 0 Å². The Bertz CT molecular complexity index is 827. The predicted octanol–water partition coefficient (Wildman–Crippen LogP) is 3.89. The van der Waals surface area contributed by atoms with Gasteiger partial charge in [0, 0.05) is 6.07 Å². The summed E-state index contributed by atoms with van der Waals surface area (Å²) in [6, 6.07) is 10.5. The quantitative estimate of drug-likeness (QED) is 0.539. The molecule has 2 aromatic carbocycles. The minimum atomic E-state index is -0.460. The van der Waals surface area contributed by atoms with Crippen LogP contribution in [0.25, 0.3) is 20.8 Å². The molecule has 7 heteroatoms. The number of nitro groups is 1. The highest BCUT2D eigenvalue weighted by Gasteiger charge is 2.21. The first-order valence-electron chi connectivity index (χ1n) is 6.40. The van der Waals surface area contributed by atoms with Crippen molar-refractivity contribution in [3.63, 3.8) is 0 Å². The summed E-state index contributed by atoms with van der Waals surface area (Å²) in [5, 5.41) is 11.8. The number of benzene rings is 2. The maximum Gasteiger partial charge on any atom is 0.274 e. The molecular weight excluding hydrogens is 304 g/mol. The third kappa shape index (κ3) is 2.35. The van der Waals surface area contributed by atoms with E-state index in [2.05, 4.69) is 4.98 Å². The molecule has 22 heavy (non-hydrogen) atoms. The molecule has 0 saturated heterocycles. The van der Waals surface area contributed by atoms with E-state index in [0.29, 0.717) is 22.1 Å². The zero-order chi connectivity index (χ0) is 15.7. The van der Waals surface area contributed by atoms with Crippen LogP contribution in [0.3, 0.4) is 0 Å². The van der Waals surface area contributed by atoms with Crippen molar-refractivity contribution in [2.45, 2.75) is 0 Å². The van der Waals surface area contributed by atoms with Crippen molar-refractivity contribution in [3.8, 4) is 22.1 Å². The molecule has 0 fully saturated rings. The molecule has 0 radical (unpaired) electrons. The smallest absolute Gasteiger partial charge is 0.274 e. The van der Waals surface area contributed by atoms with Gasteiger partial charge < -0.3 is 9.47 Å². The first kappa shape index (κ1) is 14.3. The normalized spacial score (nSPS) is 10.6. The SMILES string of the molecule is COc1cc([N+](=O)[O-])cc(-c2nc3ccccc3s2)c1OC. The maximum absolute atomic E-state index is 11.1. The highest BCUT2D eigenvalue weighted by Crippen LogP contribution is 2.43. The van der Waals surface area contributed by atoms with E-state index in [1.807, 2.05) is 24.3 Å². The zero-order valence-electron chi connectivity index (χ0n) is 11.9. The lowest BCUT2D eigenvalue weighted by molar-refractivity contribution is -0.384. The molecule has 0 bridgehead atoms. The van der Waals surface area contributed by atoms with Crippen LogP contribution >= 0.6 is 11.3 Å². The number of ether oxygens (including phenoxy) is 2. The van der Waals surface area contributed by atoms with Gasteiger partial charge in [0.1, 0.15) is 5.01 Å². The first-order chi connectivity index (χ1) is 10.6. The third-order valence-corrected chi connectivity index (χ3v) is 4.27.